The molecule has 82 valence electrons. The smallest absolute Gasteiger partial charge is 0.359 e. The van der Waals surface area contributed by atoms with Gasteiger partial charge < -0.3 is 4.74 Å². The molecule has 2 heterocycles. The number of hydrogen-bond acceptors (Lipinski definition) is 4. The molecule has 2 aromatic rings. The highest BCUT2D eigenvalue weighted by Gasteiger charge is 2.17. The number of carbonyl (C=O) groups excluding carboxylic acids is 1. The summed E-state index contributed by atoms with van der Waals surface area (Å²) in [7, 11) is 3.09. The van der Waals surface area contributed by atoms with Gasteiger partial charge in [-0.3, -0.25) is 9.67 Å². The summed E-state index contributed by atoms with van der Waals surface area (Å²) in [5, 5.41) is 4.07. The minimum Gasteiger partial charge on any atom is -0.464 e. The first-order valence-corrected chi connectivity index (χ1v) is 4.74. The van der Waals surface area contributed by atoms with Gasteiger partial charge in [0.2, 0.25) is 0 Å². The zero-order valence-electron chi connectivity index (χ0n) is 9.04. The second kappa shape index (κ2) is 4.14. The molecule has 0 saturated heterocycles. The summed E-state index contributed by atoms with van der Waals surface area (Å²) in [6.07, 6.45) is 5.13. The fourth-order valence-electron chi connectivity index (χ4n) is 1.47. The number of aryl methyl sites for hydroxylation is 1. The van der Waals surface area contributed by atoms with Crippen LogP contribution < -0.4 is 0 Å². The van der Waals surface area contributed by atoms with Crippen molar-refractivity contribution in [3.8, 4) is 11.1 Å². The van der Waals surface area contributed by atoms with Gasteiger partial charge in [0.1, 0.15) is 0 Å². The molecule has 0 bridgehead atoms. The van der Waals surface area contributed by atoms with Crippen molar-refractivity contribution in [1.29, 1.82) is 0 Å². The molecule has 0 aromatic carbocycles. The van der Waals surface area contributed by atoms with E-state index in [2.05, 4.69) is 14.8 Å². The van der Waals surface area contributed by atoms with Crippen molar-refractivity contribution in [2.45, 2.75) is 0 Å². The van der Waals surface area contributed by atoms with Crippen LogP contribution in [0.3, 0.4) is 0 Å². The lowest BCUT2D eigenvalue weighted by molar-refractivity contribution is 0.0594. The van der Waals surface area contributed by atoms with Crippen LogP contribution in [-0.4, -0.2) is 27.8 Å². The monoisotopic (exact) mass is 217 g/mol. The fraction of sp³-hybridized carbons (Fsp3) is 0.182. The van der Waals surface area contributed by atoms with Crippen LogP contribution in [-0.2, 0) is 11.8 Å². The van der Waals surface area contributed by atoms with Crippen LogP contribution >= 0.6 is 0 Å². The molecule has 0 aliphatic heterocycles. The van der Waals surface area contributed by atoms with Gasteiger partial charge in [-0.1, -0.05) is 6.07 Å². The van der Waals surface area contributed by atoms with Gasteiger partial charge in [-0.05, 0) is 6.07 Å². The molecule has 0 fully saturated rings. The molecule has 0 aliphatic rings. The molecule has 0 radical (unpaired) electrons. The lowest BCUT2D eigenvalue weighted by Gasteiger charge is -1.99. The average Bonchev–Trinajstić information content (AvgIpc) is 2.71. The van der Waals surface area contributed by atoms with Gasteiger partial charge in [0.15, 0.2) is 5.69 Å². The minimum absolute atomic E-state index is 0.304. The minimum atomic E-state index is -0.445. The van der Waals surface area contributed by atoms with Crippen molar-refractivity contribution in [3.63, 3.8) is 0 Å². The van der Waals surface area contributed by atoms with Gasteiger partial charge in [0.05, 0.1) is 7.11 Å². The van der Waals surface area contributed by atoms with Crippen LogP contribution in [0.25, 0.3) is 11.1 Å². The van der Waals surface area contributed by atoms with Crippen LogP contribution in [0, 0.1) is 0 Å². The maximum atomic E-state index is 11.5. The average molecular weight is 217 g/mol. The van der Waals surface area contributed by atoms with Crippen LogP contribution in [0.15, 0.2) is 30.7 Å². The number of nitrogens with zero attached hydrogens (tertiary/aromatic N) is 3. The molecule has 2 aromatic heterocycles. The molecule has 16 heavy (non-hydrogen) atoms. The molecule has 5 heteroatoms. The number of pyridine rings is 1. The van der Waals surface area contributed by atoms with E-state index in [-0.39, 0.29) is 0 Å². The normalized spacial score (nSPS) is 10.1. The van der Waals surface area contributed by atoms with Crippen molar-refractivity contribution in [1.82, 2.24) is 14.8 Å². The molecule has 0 aliphatic carbocycles. The zero-order chi connectivity index (χ0) is 11.5. The van der Waals surface area contributed by atoms with Gasteiger partial charge in [0, 0.05) is 36.8 Å². The van der Waals surface area contributed by atoms with Gasteiger partial charge in [-0.2, -0.15) is 5.10 Å². The molecule has 0 amide bonds. The van der Waals surface area contributed by atoms with Crippen molar-refractivity contribution in [2.75, 3.05) is 7.11 Å². The third-order valence-corrected chi connectivity index (χ3v) is 2.18. The number of aromatic nitrogens is 3. The summed E-state index contributed by atoms with van der Waals surface area (Å²) in [6.45, 7) is 0. The van der Waals surface area contributed by atoms with Crippen molar-refractivity contribution in [3.05, 3.63) is 36.4 Å². The SMILES string of the molecule is COC(=O)c1nn(C)cc1-c1cccnc1. The Kier molecular flexibility index (Phi) is 2.68. The molecular formula is C11H11N3O2. The maximum Gasteiger partial charge on any atom is 0.359 e. The van der Waals surface area contributed by atoms with Gasteiger partial charge in [-0.15, -0.1) is 0 Å². The molecule has 0 spiro atoms. The van der Waals surface area contributed by atoms with Crippen LogP contribution in [0.1, 0.15) is 10.5 Å². The summed E-state index contributed by atoms with van der Waals surface area (Å²) in [5.74, 6) is -0.445. The first-order chi connectivity index (χ1) is 7.72. The van der Waals surface area contributed by atoms with Crippen LogP contribution in [0.2, 0.25) is 0 Å². The summed E-state index contributed by atoms with van der Waals surface area (Å²) in [6, 6.07) is 3.68. The highest BCUT2D eigenvalue weighted by Crippen LogP contribution is 2.21. The standard InChI is InChI=1S/C11H11N3O2/c1-14-7-9(8-4-3-5-12-6-8)10(13-14)11(15)16-2/h3-7H,1-2H3. The zero-order valence-corrected chi connectivity index (χ0v) is 9.04. The molecule has 5 nitrogen and oxygen atoms in total. The highest BCUT2D eigenvalue weighted by molar-refractivity contribution is 5.94. The summed E-state index contributed by atoms with van der Waals surface area (Å²) >= 11 is 0. The predicted octanol–water partition coefficient (Wildman–Crippen LogP) is 1.27. The Morgan fingerprint density at radius 3 is 2.94 bits per heavy atom. The highest BCUT2D eigenvalue weighted by atomic mass is 16.5. The first kappa shape index (κ1) is 10.4. The number of carbonyl (C=O) groups is 1. The fourth-order valence-corrected chi connectivity index (χ4v) is 1.47. The van der Waals surface area contributed by atoms with Gasteiger partial charge in [0.25, 0.3) is 0 Å². The van der Waals surface area contributed by atoms with Crippen molar-refractivity contribution >= 4 is 5.97 Å². The lowest BCUT2D eigenvalue weighted by atomic mass is 10.1. The Morgan fingerprint density at radius 1 is 1.50 bits per heavy atom. The van der Waals surface area contributed by atoms with Crippen LogP contribution in [0.4, 0.5) is 0 Å². The Labute approximate surface area is 92.7 Å². The molecule has 0 unspecified atom stereocenters. The third-order valence-electron chi connectivity index (χ3n) is 2.18. The summed E-state index contributed by atoms with van der Waals surface area (Å²) in [5.41, 5.74) is 1.87. The Balaban J connectivity index is 2.53. The van der Waals surface area contributed by atoms with E-state index in [0.717, 1.165) is 11.1 Å². The van der Waals surface area contributed by atoms with E-state index < -0.39 is 5.97 Å². The Bertz CT molecular complexity index is 505. The quantitative estimate of drug-likeness (QED) is 0.711. The van der Waals surface area contributed by atoms with Gasteiger partial charge >= 0.3 is 5.97 Å². The summed E-state index contributed by atoms with van der Waals surface area (Å²) < 4.78 is 6.25. The molecule has 0 saturated carbocycles. The van der Waals surface area contributed by atoms with E-state index in [4.69, 9.17) is 0 Å². The Hall–Kier alpha value is -2.17. The number of hydrogen-bond donors (Lipinski definition) is 0. The molecular weight excluding hydrogens is 206 g/mol. The summed E-state index contributed by atoms with van der Waals surface area (Å²) in [4.78, 5) is 15.5. The number of methoxy groups -OCH3 is 1. The van der Waals surface area contributed by atoms with Gasteiger partial charge in [-0.25, -0.2) is 4.79 Å². The number of rotatable bonds is 2. The van der Waals surface area contributed by atoms with E-state index in [9.17, 15) is 4.79 Å². The van der Waals surface area contributed by atoms with Crippen LogP contribution in [0.5, 0.6) is 0 Å². The molecule has 0 atom stereocenters. The number of esters is 1. The molecule has 2 rings (SSSR count). The van der Waals surface area contributed by atoms with Crippen molar-refractivity contribution < 1.29 is 9.53 Å². The topological polar surface area (TPSA) is 57.0 Å². The maximum absolute atomic E-state index is 11.5. The Morgan fingerprint density at radius 2 is 2.31 bits per heavy atom. The van der Waals surface area contributed by atoms with E-state index in [1.54, 1.807) is 30.3 Å². The molecule has 0 N–H and O–H groups in total. The third kappa shape index (κ3) is 1.79. The number of ether oxygens (including phenoxy) is 1. The van der Waals surface area contributed by atoms with E-state index in [1.165, 1.54) is 7.11 Å². The first-order valence-electron chi connectivity index (χ1n) is 4.74. The van der Waals surface area contributed by atoms with Crippen molar-refractivity contribution in [2.24, 2.45) is 7.05 Å². The largest absolute Gasteiger partial charge is 0.464 e. The lowest BCUT2D eigenvalue weighted by Crippen LogP contribution is -2.04. The second-order valence-electron chi connectivity index (χ2n) is 3.30. The van der Waals surface area contributed by atoms with E-state index >= 15 is 0 Å². The van der Waals surface area contributed by atoms with E-state index in [0.29, 0.717) is 5.69 Å². The predicted molar refractivity (Wildman–Crippen MR) is 57.8 cm³/mol. The second-order valence-corrected chi connectivity index (χ2v) is 3.30. The van der Waals surface area contributed by atoms with E-state index in [1.807, 2.05) is 12.1 Å².